The Hall–Kier alpha value is -1.61. The van der Waals surface area contributed by atoms with Crippen LogP contribution < -0.4 is 5.32 Å². The third-order valence-corrected chi connectivity index (χ3v) is 2.89. The SMILES string of the molecule is CC(NC(C)(C)C)c1ccc(-c2cn[nH]c2)cc1. The van der Waals surface area contributed by atoms with E-state index in [0.29, 0.717) is 6.04 Å². The van der Waals surface area contributed by atoms with E-state index in [1.165, 1.54) is 11.1 Å². The fourth-order valence-corrected chi connectivity index (χ4v) is 2.11. The number of aromatic nitrogens is 2. The third-order valence-electron chi connectivity index (χ3n) is 2.89. The predicted molar refractivity (Wildman–Crippen MR) is 75.3 cm³/mol. The Bertz CT molecular complexity index is 477. The van der Waals surface area contributed by atoms with Gasteiger partial charge in [-0.2, -0.15) is 5.10 Å². The topological polar surface area (TPSA) is 40.7 Å². The standard InChI is InChI=1S/C15H21N3/c1-11(18-15(2,3)4)12-5-7-13(8-6-12)14-9-16-17-10-14/h5-11,18H,1-4H3,(H,16,17). The molecule has 2 N–H and O–H groups in total. The van der Waals surface area contributed by atoms with Crippen molar-refractivity contribution in [2.45, 2.75) is 39.3 Å². The van der Waals surface area contributed by atoms with Crippen LogP contribution in [0.5, 0.6) is 0 Å². The predicted octanol–water partition coefficient (Wildman–Crippen LogP) is 3.53. The van der Waals surface area contributed by atoms with Crippen LogP contribution in [0.4, 0.5) is 0 Å². The molecule has 18 heavy (non-hydrogen) atoms. The summed E-state index contributed by atoms with van der Waals surface area (Å²) in [5, 5.41) is 10.4. The highest BCUT2D eigenvalue weighted by Crippen LogP contribution is 2.22. The maximum Gasteiger partial charge on any atom is 0.0565 e. The molecule has 1 heterocycles. The van der Waals surface area contributed by atoms with Gasteiger partial charge in [0, 0.05) is 23.3 Å². The Morgan fingerprint density at radius 1 is 1.11 bits per heavy atom. The molecule has 1 aromatic carbocycles. The smallest absolute Gasteiger partial charge is 0.0565 e. The summed E-state index contributed by atoms with van der Waals surface area (Å²) in [7, 11) is 0. The minimum atomic E-state index is 0.128. The van der Waals surface area contributed by atoms with Crippen LogP contribution >= 0.6 is 0 Å². The first-order valence-corrected chi connectivity index (χ1v) is 6.32. The molecule has 0 aliphatic heterocycles. The lowest BCUT2D eigenvalue weighted by Gasteiger charge is -2.26. The van der Waals surface area contributed by atoms with Crippen molar-refractivity contribution < 1.29 is 0 Å². The van der Waals surface area contributed by atoms with E-state index in [9.17, 15) is 0 Å². The second-order valence-corrected chi connectivity index (χ2v) is 5.73. The molecule has 0 radical (unpaired) electrons. The van der Waals surface area contributed by atoms with Crippen molar-refractivity contribution in [3.05, 3.63) is 42.2 Å². The van der Waals surface area contributed by atoms with Crippen LogP contribution in [0.2, 0.25) is 0 Å². The van der Waals surface area contributed by atoms with Crippen molar-refractivity contribution in [3.8, 4) is 11.1 Å². The Morgan fingerprint density at radius 3 is 2.28 bits per heavy atom. The Balaban J connectivity index is 2.13. The van der Waals surface area contributed by atoms with E-state index < -0.39 is 0 Å². The summed E-state index contributed by atoms with van der Waals surface area (Å²) in [6.45, 7) is 8.74. The number of rotatable bonds is 3. The number of aromatic amines is 1. The molecule has 0 saturated heterocycles. The number of nitrogens with zero attached hydrogens (tertiary/aromatic N) is 1. The quantitative estimate of drug-likeness (QED) is 0.866. The molecule has 0 fully saturated rings. The monoisotopic (exact) mass is 243 g/mol. The molecule has 0 aliphatic carbocycles. The summed E-state index contributed by atoms with van der Waals surface area (Å²) in [5.74, 6) is 0. The normalized spacial score (nSPS) is 13.6. The molecular formula is C15H21N3. The molecule has 1 aromatic heterocycles. The van der Waals surface area contributed by atoms with Gasteiger partial charge in [-0.1, -0.05) is 24.3 Å². The van der Waals surface area contributed by atoms with Gasteiger partial charge in [-0.3, -0.25) is 5.10 Å². The summed E-state index contributed by atoms with van der Waals surface area (Å²) < 4.78 is 0. The summed E-state index contributed by atoms with van der Waals surface area (Å²) in [5.41, 5.74) is 3.74. The molecule has 0 saturated carbocycles. The molecule has 3 nitrogen and oxygen atoms in total. The van der Waals surface area contributed by atoms with Gasteiger partial charge in [0.05, 0.1) is 6.20 Å². The molecule has 96 valence electrons. The van der Waals surface area contributed by atoms with Crippen LogP contribution in [0, 0.1) is 0 Å². The molecule has 2 rings (SSSR count). The summed E-state index contributed by atoms with van der Waals surface area (Å²) in [6, 6.07) is 8.97. The first-order chi connectivity index (χ1) is 8.46. The number of hydrogen-bond acceptors (Lipinski definition) is 2. The van der Waals surface area contributed by atoms with Crippen molar-refractivity contribution in [1.82, 2.24) is 15.5 Å². The average Bonchev–Trinajstić information content (AvgIpc) is 2.80. The molecule has 3 heteroatoms. The molecule has 0 spiro atoms. The molecule has 0 aliphatic rings. The molecule has 2 aromatic rings. The minimum Gasteiger partial charge on any atom is -0.306 e. The third kappa shape index (κ3) is 3.20. The van der Waals surface area contributed by atoms with Crippen molar-refractivity contribution in [1.29, 1.82) is 0 Å². The zero-order valence-electron chi connectivity index (χ0n) is 11.5. The van der Waals surface area contributed by atoms with Crippen LogP contribution in [0.15, 0.2) is 36.7 Å². The summed E-state index contributed by atoms with van der Waals surface area (Å²) in [6.07, 6.45) is 3.75. The Morgan fingerprint density at radius 2 is 1.78 bits per heavy atom. The molecule has 0 bridgehead atoms. The lowest BCUT2D eigenvalue weighted by atomic mass is 10.0. The number of nitrogens with one attached hydrogen (secondary N) is 2. The van der Waals surface area contributed by atoms with Gasteiger partial charge in [0.1, 0.15) is 0 Å². The van der Waals surface area contributed by atoms with Gasteiger partial charge in [-0.25, -0.2) is 0 Å². The van der Waals surface area contributed by atoms with Crippen LogP contribution in [0.1, 0.15) is 39.3 Å². The minimum absolute atomic E-state index is 0.128. The highest BCUT2D eigenvalue weighted by Gasteiger charge is 2.14. The second kappa shape index (κ2) is 4.94. The zero-order valence-corrected chi connectivity index (χ0v) is 11.5. The van der Waals surface area contributed by atoms with E-state index in [4.69, 9.17) is 0 Å². The molecular weight excluding hydrogens is 222 g/mol. The van der Waals surface area contributed by atoms with Gasteiger partial charge in [-0.05, 0) is 38.8 Å². The van der Waals surface area contributed by atoms with Crippen LogP contribution in [-0.2, 0) is 0 Å². The van der Waals surface area contributed by atoms with Crippen molar-refractivity contribution in [2.24, 2.45) is 0 Å². The van der Waals surface area contributed by atoms with Crippen molar-refractivity contribution in [3.63, 3.8) is 0 Å². The van der Waals surface area contributed by atoms with E-state index in [-0.39, 0.29) is 5.54 Å². The van der Waals surface area contributed by atoms with Gasteiger partial charge in [0.15, 0.2) is 0 Å². The lowest BCUT2D eigenvalue weighted by molar-refractivity contribution is 0.378. The maximum absolute atomic E-state index is 3.97. The Labute approximate surface area is 109 Å². The van der Waals surface area contributed by atoms with E-state index in [1.54, 1.807) is 0 Å². The van der Waals surface area contributed by atoms with Gasteiger partial charge in [0.25, 0.3) is 0 Å². The van der Waals surface area contributed by atoms with E-state index in [1.807, 2.05) is 12.4 Å². The highest BCUT2D eigenvalue weighted by atomic mass is 15.1. The van der Waals surface area contributed by atoms with Crippen molar-refractivity contribution in [2.75, 3.05) is 0 Å². The van der Waals surface area contributed by atoms with Gasteiger partial charge in [-0.15, -0.1) is 0 Å². The maximum atomic E-state index is 3.97. The lowest BCUT2D eigenvalue weighted by Crippen LogP contribution is -2.37. The Kier molecular flexibility index (Phi) is 3.53. The van der Waals surface area contributed by atoms with E-state index in [2.05, 4.69) is 67.5 Å². The van der Waals surface area contributed by atoms with Gasteiger partial charge in [0.2, 0.25) is 0 Å². The molecule has 1 unspecified atom stereocenters. The van der Waals surface area contributed by atoms with Crippen LogP contribution in [0.3, 0.4) is 0 Å². The van der Waals surface area contributed by atoms with E-state index in [0.717, 1.165) is 5.56 Å². The first-order valence-electron chi connectivity index (χ1n) is 6.32. The number of benzene rings is 1. The number of hydrogen-bond donors (Lipinski definition) is 2. The summed E-state index contributed by atoms with van der Waals surface area (Å²) >= 11 is 0. The highest BCUT2D eigenvalue weighted by molar-refractivity contribution is 5.61. The largest absolute Gasteiger partial charge is 0.306 e. The van der Waals surface area contributed by atoms with Gasteiger partial charge < -0.3 is 5.32 Å². The number of H-pyrrole nitrogens is 1. The van der Waals surface area contributed by atoms with E-state index >= 15 is 0 Å². The zero-order chi connectivity index (χ0) is 13.2. The first kappa shape index (κ1) is 12.8. The van der Waals surface area contributed by atoms with Gasteiger partial charge >= 0.3 is 0 Å². The molecule has 1 atom stereocenters. The summed E-state index contributed by atoms with van der Waals surface area (Å²) in [4.78, 5) is 0. The van der Waals surface area contributed by atoms with Crippen molar-refractivity contribution >= 4 is 0 Å². The fourth-order valence-electron chi connectivity index (χ4n) is 2.11. The van der Waals surface area contributed by atoms with Crippen LogP contribution in [0.25, 0.3) is 11.1 Å². The molecule has 0 amide bonds. The second-order valence-electron chi connectivity index (χ2n) is 5.73. The average molecular weight is 243 g/mol. The fraction of sp³-hybridized carbons (Fsp3) is 0.400. The van der Waals surface area contributed by atoms with Crippen LogP contribution in [-0.4, -0.2) is 15.7 Å².